The molecule has 1 unspecified atom stereocenters. The maximum atomic E-state index is 12.8. The Kier molecular flexibility index (Phi) is 5.59. The van der Waals surface area contributed by atoms with Crippen LogP contribution >= 0.6 is 11.6 Å². The number of benzene rings is 2. The summed E-state index contributed by atoms with van der Waals surface area (Å²) in [4.78, 5) is 19.2. The number of allylic oxidation sites excluding steroid dienone is 1. The average molecular weight is 423 g/mol. The van der Waals surface area contributed by atoms with Crippen molar-refractivity contribution in [3.05, 3.63) is 76.3 Å². The largest absolute Gasteiger partial charge is 0.334 e. The van der Waals surface area contributed by atoms with Gasteiger partial charge in [-0.05, 0) is 44.0 Å². The van der Waals surface area contributed by atoms with Gasteiger partial charge >= 0.3 is 6.03 Å². The standard InChI is InChI=1S/C23H23ClN4O2/c1-4-11-28-15(3)19(20(25-23(28)29)16-8-6-10-18(24)13-16)22-26-21(27-30-22)17-9-5-7-14(2)12-17/h5-10,12-13,20H,4,11H2,1-3H3,(H,25,29). The monoisotopic (exact) mass is 422 g/mol. The summed E-state index contributed by atoms with van der Waals surface area (Å²) in [5.41, 5.74) is 4.43. The quantitative estimate of drug-likeness (QED) is 0.580. The molecule has 0 bridgehead atoms. The molecule has 2 aromatic carbocycles. The highest BCUT2D eigenvalue weighted by Crippen LogP contribution is 2.38. The fourth-order valence-corrected chi connectivity index (χ4v) is 3.92. The van der Waals surface area contributed by atoms with Crippen molar-refractivity contribution >= 4 is 23.2 Å². The van der Waals surface area contributed by atoms with Crippen LogP contribution in [0.3, 0.4) is 0 Å². The van der Waals surface area contributed by atoms with Crippen LogP contribution in [-0.2, 0) is 0 Å². The highest BCUT2D eigenvalue weighted by Gasteiger charge is 2.35. The second-order valence-corrected chi connectivity index (χ2v) is 7.82. The molecule has 3 aromatic rings. The lowest BCUT2D eigenvalue weighted by Crippen LogP contribution is -2.46. The van der Waals surface area contributed by atoms with Crippen molar-refractivity contribution in [3.63, 3.8) is 0 Å². The molecular weight excluding hydrogens is 400 g/mol. The first-order chi connectivity index (χ1) is 14.5. The van der Waals surface area contributed by atoms with Crippen LogP contribution in [0.25, 0.3) is 17.0 Å². The molecule has 0 spiro atoms. The van der Waals surface area contributed by atoms with E-state index in [4.69, 9.17) is 16.1 Å². The first-order valence-corrected chi connectivity index (χ1v) is 10.3. The van der Waals surface area contributed by atoms with Gasteiger partial charge in [0.15, 0.2) is 0 Å². The van der Waals surface area contributed by atoms with Crippen LogP contribution in [0.2, 0.25) is 5.02 Å². The zero-order chi connectivity index (χ0) is 21.3. The molecule has 2 amide bonds. The third-order valence-corrected chi connectivity index (χ3v) is 5.39. The molecule has 7 heteroatoms. The number of carbonyl (C=O) groups excluding carboxylic acids is 1. The highest BCUT2D eigenvalue weighted by molar-refractivity contribution is 6.30. The minimum atomic E-state index is -0.435. The van der Waals surface area contributed by atoms with Gasteiger partial charge in [-0.2, -0.15) is 4.98 Å². The van der Waals surface area contributed by atoms with Gasteiger partial charge in [0.25, 0.3) is 5.89 Å². The normalized spacial score (nSPS) is 16.7. The van der Waals surface area contributed by atoms with Gasteiger partial charge in [-0.25, -0.2) is 4.79 Å². The summed E-state index contributed by atoms with van der Waals surface area (Å²) in [6, 6.07) is 14.8. The number of halogens is 1. The maximum Gasteiger partial charge on any atom is 0.322 e. The lowest BCUT2D eigenvalue weighted by atomic mass is 9.94. The Morgan fingerprint density at radius 2 is 1.97 bits per heavy atom. The number of nitrogens with zero attached hydrogens (tertiary/aromatic N) is 3. The van der Waals surface area contributed by atoms with E-state index in [9.17, 15) is 4.79 Å². The predicted octanol–water partition coefficient (Wildman–Crippen LogP) is 5.61. The molecule has 0 radical (unpaired) electrons. The summed E-state index contributed by atoms with van der Waals surface area (Å²) in [5.74, 6) is 0.896. The number of rotatable bonds is 5. The number of urea groups is 1. The van der Waals surface area contributed by atoms with Crippen LogP contribution < -0.4 is 5.32 Å². The third kappa shape index (κ3) is 3.83. The summed E-state index contributed by atoms with van der Waals surface area (Å²) >= 11 is 6.22. The molecule has 0 aliphatic carbocycles. The van der Waals surface area contributed by atoms with Crippen molar-refractivity contribution in [2.24, 2.45) is 0 Å². The Labute approximate surface area is 180 Å². The predicted molar refractivity (Wildman–Crippen MR) is 117 cm³/mol. The minimum Gasteiger partial charge on any atom is -0.334 e. The van der Waals surface area contributed by atoms with E-state index >= 15 is 0 Å². The van der Waals surface area contributed by atoms with Crippen LogP contribution in [0.1, 0.15) is 43.3 Å². The number of nitrogens with one attached hydrogen (secondary N) is 1. The van der Waals surface area contributed by atoms with Crippen molar-refractivity contribution in [1.29, 1.82) is 0 Å². The van der Waals surface area contributed by atoms with E-state index < -0.39 is 6.04 Å². The van der Waals surface area contributed by atoms with Crippen molar-refractivity contribution in [3.8, 4) is 11.4 Å². The highest BCUT2D eigenvalue weighted by atomic mass is 35.5. The van der Waals surface area contributed by atoms with Gasteiger partial charge in [0.2, 0.25) is 5.82 Å². The number of hydrogen-bond donors (Lipinski definition) is 1. The van der Waals surface area contributed by atoms with E-state index in [1.165, 1.54) is 0 Å². The lowest BCUT2D eigenvalue weighted by Gasteiger charge is -2.35. The molecule has 154 valence electrons. The summed E-state index contributed by atoms with van der Waals surface area (Å²) in [6.45, 7) is 6.57. The molecule has 0 saturated heterocycles. The number of aryl methyl sites for hydroxylation is 1. The fraction of sp³-hybridized carbons (Fsp3) is 0.261. The molecule has 1 aliphatic rings. The molecule has 30 heavy (non-hydrogen) atoms. The number of hydrogen-bond acceptors (Lipinski definition) is 4. The Hall–Kier alpha value is -3.12. The first kappa shape index (κ1) is 20.2. The topological polar surface area (TPSA) is 71.3 Å². The second-order valence-electron chi connectivity index (χ2n) is 7.38. The van der Waals surface area contributed by atoms with Gasteiger partial charge in [-0.3, -0.25) is 4.90 Å². The Morgan fingerprint density at radius 1 is 1.17 bits per heavy atom. The van der Waals surface area contributed by atoms with Crippen LogP contribution in [0.15, 0.2) is 58.8 Å². The molecule has 1 aromatic heterocycles. The minimum absolute atomic E-state index is 0.151. The molecule has 0 fully saturated rings. The number of amides is 2. The van der Waals surface area contributed by atoms with Crippen molar-refractivity contribution < 1.29 is 9.32 Å². The summed E-state index contributed by atoms with van der Waals surface area (Å²) in [7, 11) is 0. The van der Waals surface area contributed by atoms with Crippen LogP contribution in [0.5, 0.6) is 0 Å². The van der Waals surface area contributed by atoms with Gasteiger partial charge in [0.05, 0.1) is 11.6 Å². The maximum absolute atomic E-state index is 12.8. The molecule has 1 atom stereocenters. The zero-order valence-corrected chi connectivity index (χ0v) is 17.9. The fourth-order valence-electron chi connectivity index (χ4n) is 3.72. The van der Waals surface area contributed by atoms with Crippen LogP contribution in [0.4, 0.5) is 4.79 Å². The lowest BCUT2D eigenvalue weighted by molar-refractivity contribution is 0.205. The number of aromatic nitrogens is 2. The SMILES string of the molecule is CCCN1C(=O)NC(c2cccc(Cl)c2)C(c2nc(-c3cccc(C)c3)no2)=C1C. The smallest absolute Gasteiger partial charge is 0.322 e. The first-order valence-electron chi connectivity index (χ1n) is 9.93. The van der Waals surface area contributed by atoms with E-state index in [1.807, 2.05) is 63.2 Å². The molecule has 2 heterocycles. The zero-order valence-electron chi connectivity index (χ0n) is 17.1. The molecule has 4 rings (SSSR count). The summed E-state index contributed by atoms with van der Waals surface area (Å²) in [5, 5.41) is 7.87. The van der Waals surface area contributed by atoms with Crippen molar-refractivity contribution in [2.45, 2.75) is 33.2 Å². The second kappa shape index (κ2) is 8.32. The van der Waals surface area contributed by atoms with E-state index in [1.54, 1.807) is 11.0 Å². The Balaban J connectivity index is 1.82. The van der Waals surface area contributed by atoms with E-state index in [0.717, 1.165) is 34.4 Å². The van der Waals surface area contributed by atoms with Gasteiger partial charge < -0.3 is 9.84 Å². The van der Waals surface area contributed by atoms with E-state index in [0.29, 0.717) is 23.3 Å². The molecular formula is C23H23ClN4O2. The van der Waals surface area contributed by atoms with Crippen LogP contribution in [0, 0.1) is 6.92 Å². The number of carbonyl (C=O) groups is 1. The van der Waals surface area contributed by atoms with Crippen molar-refractivity contribution in [1.82, 2.24) is 20.4 Å². The Morgan fingerprint density at radius 3 is 2.70 bits per heavy atom. The van der Waals surface area contributed by atoms with Crippen molar-refractivity contribution in [2.75, 3.05) is 6.54 Å². The van der Waals surface area contributed by atoms with Gasteiger partial charge in [-0.15, -0.1) is 0 Å². The van der Waals surface area contributed by atoms with E-state index in [2.05, 4.69) is 15.5 Å². The van der Waals surface area contributed by atoms with Crippen LogP contribution in [-0.4, -0.2) is 27.6 Å². The molecule has 0 saturated carbocycles. The van der Waals surface area contributed by atoms with Gasteiger partial charge in [0, 0.05) is 22.8 Å². The summed E-state index contributed by atoms with van der Waals surface area (Å²) in [6.07, 6.45) is 0.832. The Bertz CT molecular complexity index is 1120. The van der Waals surface area contributed by atoms with Gasteiger partial charge in [-0.1, -0.05) is 59.6 Å². The molecule has 1 N–H and O–H groups in total. The average Bonchev–Trinajstić information content (AvgIpc) is 3.20. The van der Waals surface area contributed by atoms with E-state index in [-0.39, 0.29) is 6.03 Å². The van der Waals surface area contributed by atoms with Gasteiger partial charge in [0.1, 0.15) is 0 Å². The third-order valence-electron chi connectivity index (χ3n) is 5.16. The summed E-state index contributed by atoms with van der Waals surface area (Å²) < 4.78 is 5.68. The molecule has 6 nitrogen and oxygen atoms in total. The molecule has 1 aliphatic heterocycles.